The third-order valence-electron chi connectivity index (χ3n) is 4.66. The van der Waals surface area contributed by atoms with Crippen LogP contribution in [-0.4, -0.2) is 24.0 Å². The summed E-state index contributed by atoms with van der Waals surface area (Å²) in [5.41, 5.74) is 4.67. The van der Waals surface area contributed by atoms with E-state index in [1.54, 1.807) is 0 Å². The molecule has 1 aromatic heterocycles. The number of nitrogens with one attached hydrogen (secondary N) is 1. The fourth-order valence-electron chi connectivity index (χ4n) is 3.07. The monoisotopic (exact) mass is 347 g/mol. The standard InChI is InChI=1S/C22H25N3O/c1-5-25(6-2)21-13-16(4)19-14-18(11-12-20(19)24-21)23-22(26)17-9-7-15(3)8-10-17/h7-14H,5-6H2,1-4H3,(H,23,26). The molecule has 3 rings (SSSR count). The van der Waals surface area contributed by atoms with Crippen LogP contribution in [0.15, 0.2) is 48.5 Å². The second-order valence-corrected chi connectivity index (χ2v) is 6.52. The van der Waals surface area contributed by atoms with Crippen molar-refractivity contribution >= 4 is 28.3 Å². The van der Waals surface area contributed by atoms with Crippen molar-refractivity contribution in [2.24, 2.45) is 0 Å². The summed E-state index contributed by atoms with van der Waals surface area (Å²) < 4.78 is 0. The van der Waals surface area contributed by atoms with Crippen molar-refractivity contribution in [1.29, 1.82) is 0 Å². The van der Waals surface area contributed by atoms with Crippen LogP contribution < -0.4 is 10.2 Å². The predicted octanol–water partition coefficient (Wildman–Crippen LogP) is 4.95. The van der Waals surface area contributed by atoms with Gasteiger partial charge in [0.2, 0.25) is 0 Å². The van der Waals surface area contributed by atoms with Crippen LogP contribution in [0.1, 0.15) is 35.3 Å². The summed E-state index contributed by atoms with van der Waals surface area (Å²) in [5.74, 6) is 0.895. The molecule has 1 amide bonds. The highest BCUT2D eigenvalue weighted by Gasteiger charge is 2.10. The number of anilines is 2. The van der Waals surface area contributed by atoms with Crippen LogP contribution in [0.25, 0.3) is 10.9 Å². The van der Waals surface area contributed by atoms with Crippen LogP contribution >= 0.6 is 0 Å². The van der Waals surface area contributed by atoms with Gasteiger partial charge in [0.25, 0.3) is 5.91 Å². The Balaban J connectivity index is 1.89. The number of benzene rings is 2. The Kier molecular flexibility index (Phi) is 5.21. The molecule has 1 heterocycles. The van der Waals surface area contributed by atoms with E-state index in [2.05, 4.69) is 37.1 Å². The maximum atomic E-state index is 12.4. The lowest BCUT2D eigenvalue weighted by Crippen LogP contribution is -2.23. The molecule has 0 radical (unpaired) electrons. The number of carbonyl (C=O) groups is 1. The van der Waals surface area contributed by atoms with Crippen molar-refractivity contribution in [2.75, 3.05) is 23.3 Å². The van der Waals surface area contributed by atoms with Gasteiger partial charge >= 0.3 is 0 Å². The maximum absolute atomic E-state index is 12.4. The summed E-state index contributed by atoms with van der Waals surface area (Å²) in [5, 5.41) is 4.04. The number of hydrogen-bond acceptors (Lipinski definition) is 3. The predicted molar refractivity (Wildman–Crippen MR) is 109 cm³/mol. The molecule has 1 N–H and O–H groups in total. The highest BCUT2D eigenvalue weighted by molar-refractivity contribution is 6.05. The van der Waals surface area contributed by atoms with Gasteiger partial charge in [0.1, 0.15) is 5.82 Å². The summed E-state index contributed by atoms with van der Waals surface area (Å²) in [6.07, 6.45) is 0. The van der Waals surface area contributed by atoms with E-state index in [1.165, 1.54) is 0 Å². The number of amides is 1. The minimum atomic E-state index is -0.102. The molecule has 0 spiro atoms. The van der Waals surface area contributed by atoms with Crippen molar-refractivity contribution in [2.45, 2.75) is 27.7 Å². The number of nitrogens with zero attached hydrogens (tertiary/aromatic N) is 2. The Morgan fingerprint density at radius 3 is 2.35 bits per heavy atom. The Morgan fingerprint density at radius 1 is 1.00 bits per heavy atom. The van der Waals surface area contributed by atoms with Gasteiger partial charge in [-0.05, 0) is 69.7 Å². The van der Waals surface area contributed by atoms with Crippen molar-refractivity contribution < 1.29 is 4.79 Å². The SMILES string of the molecule is CCN(CC)c1cc(C)c2cc(NC(=O)c3ccc(C)cc3)ccc2n1. The quantitative estimate of drug-likeness (QED) is 0.710. The van der Waals surface area contributed by atoms with Gasteiger partial charge in [-0.3, -0.25) is 4.79 Å². The average Bonchev–Trinajstić information content (AvgIpc) is 2.64. The molecule has 0 saturated carbocycles. The summed E-state index contributed by atoms with van der Waals surface area (Å²) in [4.78, 5) is 19.4. The van der Waals surface area contributed by atoms with Crippen LogP contribution in [0.5, 0.6) is 0 Å². The summed E-state index contributed by atoms with van der Waals surface area (Å²) in [7, 11) is 0. The summed E-state index contributed by atoms with van der Waals surface area (Å²) in [6, 6.07) is 15.6. The molecule has 0 bridgehead atoms. The maximum Gasteiger partial charge on any atom is 0.255 e. The molecule has 134 valence electrons. The molecule has 0 aliphatic carbocycles. The van der Waals surface area contributed by atoms with E-state index in [9.17, 15) is 4.79 Å². The van der Waals surface area contributed by atoms with Gasteiger partial charge in [-0.15, -0.1) is 0 Å². The number of pyridine rings is 1. The van der Waals surface area contributed by atoms with Crippen molar-refractivity contribution in [3.05, 3.63) is 65.2 Å². The average molecular weight is 347 g/mol. The Morgan fingerprint density at radius 2 is 1.69 bits per heavy atom. The van der Waals surface area contributed by atoms with Crippen LogP contribution in [-0.2, 0) is 0 Å². The first-order chi connectivity index (χ1) is 12.5. The molecular formula is C22H25N3O. The zero-order chi connectivity index (χ0) is 18.7. The molecule has 0 aliphatic rings. The molecule has 26 heavy (non-hydrogen) atoms. The van der Waals surface area contributed by atoms with Gasteiger partial charge in [-0.1, -0.05) is 17.7 Å². The zero-order valence-electron chi connectivity index (χ0n) is 15.8. The van der Waals surface area contributed by atoms with E-state index in [-0.39, 0.29) is 5.91 Å². The fraction of sp³-hybridized carbons (Fsp3) is 0.273. The third-order valence-corrected chi connectivity index (χ3v) is 4.66. The second-order valence-electron chi connectivity index (χ2n) is 6.52. The van der Waals surface area contributed by atoms with E-state index in [0.29, 0.717) is 5.56 Å². The Hall–Kier alpha value is -2.88. The van der Waals surface area contributed by atoms with Gasteiger partial charge in [-0.25, -0.2) is 4.98 Å². The number of rotatable bonds is 5. The first-order valence-corrected chi connectivity index (χ1v) is 9.06. The van der Waals surface area contributed by atoms with E-state index >= 15 is 0 Å². The normalized spacial score (nSPS) is 10.8. The number of hydrogen-bond donors (Lipinski definition) is 1. The van der Waals surface area contributed by atoms with Crippen molar-refractivity contribution in [3.63, 3.8) is 0 Å². The lowest BCUT2D eigenvalue weighted by Gasteiger charge is -2.21. The van der Waals surface area contributed by atoms with Gasteiger partial charge in [0.15, 0.2) is 0 Å². The van der Waals surface area contributed by atoms with E-state index < -0.39 is 0 Å². The molecule has 0 atom stereocenters. The minimum absolute atomic E-state index is 0.102. The third kappa shape index (κ3) is 3.69. The summed E-state index contributed by atoms with van der Waals surface area (Å²) >= 11 is 0. The van der Waals surface area contributed by atoms with E-state index in [0.717, 1.165) is 46.6 Å². The molecule has 0 saturated heterocycles. The summed E-state index contributed by atoms with van der Waals surface area (Å²) in [6.45, 7) is 10.2. The number of carbonyl (C=O) groups excluding carboxylic acids is 1. The first-order valence-electron chi connectivity index (χ1n) is 9.06. The Labute approximate surface area is 154 Å². The fourth-order valence-corrected chi connectivity index (χ4v) is 3.07. The molecule has 0 unspecified atom stereocenters. The molecule has 4 heteroatoms. The topological polar surface area (TPSA) is 45.2 Å². The number of aromatic nitrogens is 1. The molecule has 4 nitrogen and oxygen atoms in total. The highest BCUT2D eigenvalue weighted by atomic mass is 16.1. The van der Waals surface area contributed by atoms with Crippen molar-refractivity contribution in [1.82, 2.24) is 4.98 Å². The molecule has 0 fully saturated rings. The first kappa shape index (κ1) is 17.9. The molecule has 0 aliphatic heterocycles. The smallest absolute Gasteiger partial charge is 0.255 e. The number of aryl methyl sites for hydroxylation is 2. The zero-order valence-corrected chi connectivity index (χ0v) is 15.8. The molecule has 3 aromatic rings. The van der Waals surface area contributed by atoms with E-state index in [1.807, 2.05) is 49.4 Å². The minimum Gasteiger partial charge on any atom is -0.357 e. The number of fused-ring (bicyclic) bond motifs is 1. The van der Waals surface area contributed by atoms with Gasteiger partial charge < -0.3 is 10.2 Å². The van der Waals surface area contributed by atoms with Crippen LogP contribution in [0.4, 0.5) is 11.5 Å². The lowest BCUT2D eigenvalue weighted by atomic mass is 10.1. The second kappa shape index (κ2) is 7.56. The Bertz CT molecular complexity index is 928. The van der Waals surface area contributed by atoms with Gasteiger partial charge in [0.05, 0.1) is 5.52 Å². The molecular weight excluding hydrogens is 322 g/mol. The van der Waals surface area contributed by atoms with E-state index in [4.69, 9.17) is 4.98 Å². The molecule has 2 aromatic carbocycles. The van der Waals surface area contributed by atoms with Crippen molar-refractivity contribution in [3.8, 4) is 0 Å². The van der Waals surface area contributed by atoms with Gasteiger partial charge in [-0.2, -0.15) is 0 Å². The largest absolute Gasteiger partial charge is 0.357 e. The van der Waals surface area contributed by atoms with Gasteiger partial charge in [0, 0.05) is 29.7 Å². The van der Waals surface area contributed by atoms with Crippen LogP contribution in [0.2, 0.25) is 0 Å². The van der Waals surface area contributed by atoms with Crippen LogP contribution in [0.3, 0.4) is 0 Å². The lowest BCUT2D eigenvalue weighted by molar-refractivity contribution is 0.102. The highest BCUT2D eigenvalue weighted by Crippen LogP contribution is 2.25. The van der Waals surface area contributed by atoms with Crippen LogP contribution in [0, 0.1) is 13.8 Å².